The van der Waals surface area contributed by atoms with Gasteiger partial charge in [-0.25, -0.2) is 4.39 Å². The molecule has 0 amide bonds. The Bertz CT molecular complexity index is 860. The SMILES string of the molecule is COc1ccccc1-c1ccc(C=O)c(Nc2ccc(F)cc2)c1. The lowest BCUT2D eigenvalue weighted by molar-refractivity contribution is 0.112. The van der Waals surface area contributed by atoms with E-state index in [0.717, 1.165) is 23.2 Å². The van der Waals surface area contributed by atoms with Gasteiger partial charge in [-0.3, -0.25) is 4.79 Å². The zero-order valence-electron chi connectivity index (χ0n) is 13.1. The molecule has 0 heterocycles. The first kappa shape index (κ1) is 15.7. The van der Waals surface area contributed by atoms with Crippen LogP contribution in [0.3, 0.4) is 0 Å². The maximum atomic E-state index is 13.0. The zero-order chi connectivity index (χ0) is 16.9. The maximum absolute atomic E-state index is 13.0. The number of halogens is 1. The smallest absolute Gasteiger partial charge is 0.152 e. The van der Waals surface area contributed by atoms with Gasteiger partial charge in [0.1, 0.15) is 11.6 Å². The summed E-state index contributed by atoms with van der Waals surface area (Å²) in [7, 11) is 1.62. The van der Waals surface area contributed by atoms with Crippen LogP contribution in [0.15, 0.2) is 66.7 Å². The van der Waals surface area contributed by atoms with Crippen molar-refractivity contribution in [1.82, 2.24) is 0 Å². The average molecular weight is 321 g/mol. The van der Waals surface area contributed by atoms with Gasteiger partial charge in [-0.2, -0.15) is 0 Å². The molecule has 0 unspecified atom stereocenters. The van der Waals surface area contributed by atoms with E-state index in [0.29, 0.717) is 16.9 Å². The van der Waals surface area contributed by atoms with Crippen LogP contribution in [0.4, 0.5) is 15.8 Å². The third kappa shape index (κ3) is 3.27. The Labute approximate surface area is 139 Å². The van der Waals surface area contributed by atoms with E-state index >= 15 is 0 Å². The van der Waals surface area contributed by atoms with E-state index in [4.69, 9.17) is 4.74 Å². The van der Waals surface area contributed by atoms with Gasteiger partial charge in [0.05, 0.1) is 7.11 Å². The molecule has 3 aromatic carbocycles. The van der Waals surface area contributed by atoms with E-state index in [2.05, 4.69) is 5.32 Å². The summed E-state index contributed by atoms with van der Waals surface area (Å²) < 4.78 is 18.4. The largest absolute Gasteiger partial charge is 0.496 e. The van der Waals surface area contributed by atoms with E-state index in [1.807, 2.05) is 36.4 Å². The minimum Gasteiger partial charge on any atom is -0.496 e. The summed E-state index contributed by atoms with van der Waals surface area (Å²) in [5.74, 6) is 0.447. The lowest BCUT2D eigenvalue weighted by atomic mass is 10.0. The molecule has 3 aromatic rings. The highest BCUT2D eigenvalue weighted by molar-refractivity contribution is 5.89. The topological polar surface area (TPSA) is 38.3 Å². The summed E-state index contributed by atoms with van der Waals surface area (Å²) in [6.45, 7) is 0. The monoisotopic (exact) mass is 321 g/mol. The van der Waals surface area contributed by atoms with E-state index in [1.54, 1.807) is 25.3 Å². The van der Waals surface area contributed by atoms with Gasteiger partial charge >= 0.3 is 0 Å². The van der Waals surface area contributed by atoms with Gasteiger partial charge in [0.15, 0.2) is 6.29 Å². The second-order valence-corrected chi connectivity index (χ2v) is 5.25. The molecule has 0 aromatic heterocycles. The van der Waals surface area contributed by atoms with E-state index in [1.165, 1.54) is 12.1 Å². The van der Waals surface area contributed by atoms with Gasteiger partial charge in [0, 0.05) is 22.5 Å². The molecule has 120 valence electrons. The van der Waals surface area contributed by atoms with Gasteiger partial charge in [-0.05, 0) is 48.0 Å². The van der Waals surface area contributed by atoms with Crippen molar-refractivity contribution >= 4 is 17.7 Å². The number of aldehydes is 1. The molecule has 0 atom stereocenters. The van der Waals surface area contributed by atoms with Crippen molar-refractivity contribution in [2.75, 3.05) is 12.4 Å². The second kappa shape index (κ2) is 6.96. The minimum absolute atomic E-state index is 0.307. The predicted molar refractivity (Wildman–Crippen MR) is 93.5 cm³/mol. The molecule has 0 spiro atoms. The number of ether oxygens (including phenoxy) is 1. The van der Waals surface area contributed by atoms with Crippen LogP contribution in [0.5, 0.6) is 5.75 Å². The van der Waals surface area contributed by atoms with Gasteiger partial charge < -0.3 is 10.1 Å². The number of hydrogen-bond acceptors (Lipinski definition) is 3. The van der Waals surface area contributed by atoms with Crippen molar-refractivity contribution in [3.63, 3.8) is 0 Å². The van der Waals surface area contributed by atoms with Crippen molar-refractivity contribution in [3.05, 3.63) is 78.1 Å². The molecule has 4 heteroatoms. The van der Waals surface area contributed by atoms with Crippen LogP contribution in [0.25, 0.3) is 11.1 Å². The molecule has 0 radical (unpaired) electrons. The first-order valence-corrected chi connectivity index (χ1v) is 7.46. The number of anilines is 2. The van der Waals surface area contributed by atoms with E-state index < -0.39 is 0 Å². The van der Waals surface area contributed by atoms with E-state index in [-0.39, 0.29) is 5.82 Å². The van der Waals surface area contributed by atoms with Crippen LogP contribution in [0.2, 0.25) is 0 Å². The minimum atomic E-state index is -0.307. The molecule has 0 saturated heterocycles. The summed E-state index contributed by atoms with van der Waals surface area (Å²) in [4.78, 5) is 11.3. The summed E-state index contributed by atoms with van der Waals surface area (Å²) in [5, 5.41) is 3.16. The molecular weight excluding hydrogens is 305 g/mol. The van der Waals surface area contributed by atoms with Crippen LogP contribution in [-0.2, 0) is 0 Å². The molecule has 3 nitrogen and oxygen atoms in total. The number of rotatable bonds is 5. The number of nitrogens with one attached hydrogen (secondary N) is 1. The first-order chi connectivity index (χ1) is 11.7. The van der Waals surface area contributed by atoms with Crippen LogP contribution in [0, 0.1) is 5.82 Å². The number of methoxy groups -OCH3 is 1. The molecule has 0 aliphatic rings. The number of hydrogen-bond donors (Lipinski definition) is 1. The predicted octanol–water partition coefficient (Wildman–Crippen LogP) is 5.06. The second-order valence-electron chi connectivity index (χ2n) is 5.25. The Balaban J connectivity index is 2.02. The van der Waals surface area contributed by atoms with Crippen molar-refractivity contribution in [2.45, 2.75) is 0 Å². The lowest BCUT2D eigenvalue weighted by Gasteiger charge is -2.13. The van der Waals surface area contributed by atoms with Gasteiger partial charge in [-0.15, -0.1) is 0 Å². The first-order valence-electron chi connectivity index (χ1n) is 7.46. The van der Waals surface area contributed by atoms with E-state index in [9.17, 15) is 9.18 Å². The highest BCUT2D eigenvalue weighted by Gasteiger charge is 2.09. The van der Waals surface area contributed by atoms with Crippen molar-refractivity contribution in [2.24, 2.45) is 0 Å². The summed E-state index contributed by atoms with van der Waals surface area (Å²) >= 11 is 0. The number of carbonyl (C=O) groups excluding carboxylic acids is 1. The summed E-state index contributed by atoms with van der Waals surface area (Å²) in [6.07, 6.45) is 0.790. The third-order valence-electron chi connectivity index (χ3n) is 3.72. The number of para-hydroxylation sites is 1. The molecule has 0 saturated carbocycles. The van der Waals surface area contributed by atoms with Crippen molar-refractivity contribution in [3.8, 4) is 16.9 Å². The van der Waals surface area contributed by atoms with Crippen molar-refractivity contribution in [1.29, 1.82) is 0 Å². The molecular formula is C20H16FNO2. The number of benzene rings is 3. The average Bonchev–Trinajstić information content (AvgIpc) is 2.63. The van der Waals surface area contributed by atoms with Gasteiger partial charge in [-0.1, -0.05) is 24.3 Å². The molecule has 0 bridgehead atoms. The van der Waals surface area contributed by atoms with Crippen molar-refractivity contribution < 1.29 is 13.9 Å². The molecule has 3 rings (SSSR count). The quantitative estimate of drug-likeness (QED) is 0.668. The van der Waals surface area contributed by atoms with Gasteiger partial charge in [0.25, 0.3) is 0 Å². The molecule has 1 N–H and O–H groups in total. The molecule has 24 heavy (non-hydrogen) atoms. The standard InChI is InChI=1S/C20H16FNO2/c1-24-20-5-3-2-4-18(20)14-6-7-15(13-23)19(12-14)22-17-10-8-16(21)9-11-17/h2-13,22H,1H3. The van der Waals surface area contributed by atoms with Gasteiger partial charge in [0.2, 0.25) is 0 Å². The fourth-order valence-electron chi connectivity index (χ4n) is 2.51. The number of carbonyl (C=O) groups is 1. The zero-order valence-corrected chi connectivity index (χ0v) is 13.1. The maximum Gasteiger partial charge on any atom is 0.152 e. The fourth-order valence-corrected chi connectivity index (χ4v) is 2.51. The van der Waals surface area contributed by atoms with Crippen LogP contribution in [0.1, 0.15) is 10.4 Å². The highest BCUT2D eigenvalue weighted by Crippen LogP contribution is 2.33. The Hall–Kier alpha value is -3.14. The third-order valence-corrected chi connectivity index (χ3v) is 3.72. The Kier molecular flexibility index (Phi) is 4.57. The van der Waals surface area contributed by atoms with Crippen LogP contribution >= 0.6 is 0 Å². The molecule has 0 fully saturated rings. The summed E-state index contributed by atoms with van der Waals surface area (Å²) in [5.41, 5.74) is 3.73. The van der Waals surface area contributed by atoms with Crippen LogP contribution < -0.4 is 10.1 Å². The summed E-state index contributed by atoms with van der Waals surface area (Å²) in [6, 6.07) is 19.2. The van der Waals surface area contributed by atoms with Crippen LogP contribution in [-0.4, -0.2) is 13.4 Å². The fraction of sp³-hybridized carbons (Fsp3) is 0.0500. The Morgan fingerprint density at radius 1 is 1.00 bits per heavy atom. The Morgan fingerprint density at radius 2 is 1.75 bits per heavy atom. The normalized spacial score (nSPS) is 10.2. The molecule has 0 aliphatic heterocycles. The highest BCUT2D eigenvalue weighted by atomic mass is 19.1. The Morgan fingerprint density at radius 3 is 2.46 bits per heavy atom. The lowest BCUT2D eigenvalue weighted by Crippen LogP contribution is -1.96. The molecule has 0 aliphatic carbocycles.